The van der Waals surface area contributed by atoms with Gasteiger partial charge in [0, 0.05) is 30.6 Å². The van der Waals surface area contributed by atoms with E-state index in [1.807, 2.05) is 0 Å². The van der Waals surface area contributed by atoms with Gasteiger partial charge in [-0.15, -0.1) is 0 Å². The maximum Gasteiger partial charge on any atom is 0.0656 e. The molecule has 5 nitrogen and oxygen atoms in total. The summed E-state index contributed by atoms with van der Waals surface area (Å²) in [5, 5.41) is 44.5. The molecule has 0 saturated heterocycles. The van der Waals surface area contributed by atoms with E-state index in [0.29, 0.717) is 38.5 Å². The zero-order valence-corrected chi connectivity index (χ0v) is 13.5. The van der Waals surface area contributed by atoms with Crippen LogP contribution in [-0.2, 0) is 0 Å². The molecule has 0 saturated carbocycles. The second-order valence-electron chi connectivity index (χ2n) is 5.75. The minimum atomic E-state index is -0.171. The average molecular weight is 309 g/mol. The lowest BCUT2D eigenvalue weighted by Crippen LogP contribution is -2.07. The molecule has 0 rings (SSSR count). The fraction of sp³-hybridized carbons (Fsp3) is 0.722. The molecule has 0 spiro atoms. The number of unbranched alkanes of at least 4 members (excludes halogenated alkanes) is 2. The highest BCUT2D eigenvalue weighted by molar-refractivity contribution is 4.92. The largest absolute Gasteiger partial charge is 0.198 e. The van der Waals surface area contributed by atoms with E-state index in [1.165, 1.54) is 0 Å². The van der Waals surface area contributed by atoms with Crippen molar-refractivity contribution < 1.29 is 0 Å². The van der Waals surface area contributed by atoms with E-state index in [4.69, 9.17) is 21.0 Å². The predicted octanol–water partition coefficient (Wildman–Crippen LogP) is 4.35. The molecule has 0 aromatic rings. The van der Waals surface area contributed by atoms with E-state index in [0.717, 1.165) is 25.7 Å². The molecule has 120 valence electrons. The highest BCUT2D eigenvalue weighted by Gasteiger charge is 2.16. The van der Waals surface area contributed by atoms with Crippen molar-refractivity contribution in [3.63, 3.8) is 0 Å². The Morgan fingerprint density at radius 1 is 0.522 bits per heavy atom. The Morgan fingerprint density at radius 3 is 1.35 bits per heavy atom. The maximum atomic E-state index is 9.22. The maximum absolute atomic E-state index is 9.22. The van der Waals surface area contributed by atoms with Crippen LogP contribution in [-0.4, -0.2) is 0 Å². The molecule has 0 aliphatic carbocycles. The summed E-state index contributed by atoms with van der Waals surface area (Å²) in [4.78, 5) is 0. The smallest absolute Gasteiger partial charge is 0.0656 e. The third-order valence-electron chi connectivity index (χ3n) is 3.90. The van der Waals surface area contributed by atoms with Gasteiger partial charge in [0.15, 0.2) is 0 Å². The summed E-state index contributed by atoms with van der Waals surface area (Å²) in [6.45, 7) is 0. The number of hydrogen-bond acceptors (Lipinski definition) is 5. The van der Waals surface area contributed by atoms with Crippen molar-refractivity contribution in [3.8, 4) is 30.3 Å². The van der Waals surface area contributed by atoms with Crippen molar-refractivity contribution in [2.45, 2.75) is 64.2 Å². The van der Waals surface area contributed by atoms with Gasteiger partial charge in [-0.1, -0.05) is 6.42 Å². The Bertz CT molecular complexity index is 520. The number of nitriles is 5. The monoisotopic (exact) mass is 309 g/mol. The minimum absolute atomic E-state index is 0.0508. The van der Waals surface area contributed by atoms with Crippen molar-refractivity contribution in [1.82, 2.24) is 0 Å². The molecule has 0 fully saturated rings. The molecule has 0 bridgehead atoms. The number of hydrogen-bond donors (Lipinski definition) is 0. The van der Waals surface area contributed by atoms with Crippen molar-refractivity contribution >= 4 is 0 Å². The first-order valence-electron chi connectivity index (χ1n) is 8.14. The standard InChI is InChI=1S/C18H23N5/c19-10-3-1-6-16(13-21)8-5-9-18(15-23)12-17(14-22)7-2-4-11-20/h16-18H,1-9,12H2. The first kappa shape index (κ1) is 20.5. The summed E-state index contributed by atoms with van der Waals surface area (Å²) in [6.07, 6.45) is 6.54. The lowest BCUT2D eigenvalue weighted by atomic mass is 9.88. The molecule has 0 aliphatic rings. The third-order valence-corrected chi connectivity index (χ3v) is 3.90. The summed E-state index contributed by atoms with van der Waals surface area (Å²) in [7, 11) is 0. The second-order valence-corrected chi connectivity index (χ2v) is 5.75. The van der Waals surface area contributed by atoms with Crippen LogP contribution in [0.3, 0.4) is 0 Å². The third kappa shape index (κ3) is 10.8. The van der Waals surface area contributed by atoms with Crippen LogP contribution in [0.1, 0.15) is 64.2 Å². The Kier molecular flexibility index (Phi) is 12.8. The zero-order valence-electron chi connectivity index (χ0n) is 13.5. The first-order valence-corrected chi connectivity index (χ1v) is 8.14. The zero-order chi connectivity index (χ0) is 17.3. The van der Waals surface area contributed by atoms with Crippen LogP contribution in [0.15, 0.2) is 0 Å². The molecule has 0 aromatic heterocycles. The summed E-state index contributed by atoms with van der Waals surface area (Å²) < 4.78 is 0. The molecule has 5 heteroatoms. The van der Waals surface area contributed by atoms with Gasteiger partial charge < -0.3 is 0 Å². The van der Waals surface area contributed by atoms with Crippen LogP contribution < -0.4 is 0 Å². The van der Waals surface area contributed by atoms with Gasteiger partial charge in [-0.05, 0) is 44.9 Å². The Morgan fingerprint density at radius 2 is 0.913 bits per heavy atom. The molecule has 0 amide bonds. The van der Waals surface area contributed by atoms with Gasteiger partial charge in [0.05, 0.1) is 30.3 Å². The second kappa shape index (κ2) is 14.4. The van der Waals surface area contributed by atoms with Crippen LogP contribution in [0, 0.1) is 74.4 Å². The van der Waals surface area contributed by atoms with Gasteiger partial charge in [-0.3, -0.25) is 0 Å². The molecule has 0 aromatic carbocycles. The fourth-order valence-corrected chi connectivity index (χ4v) is 2.55. The van der Waals surface area contributed by atoms with Crippen LogP contribution in [0.25, 0.3) is 0 Å². The van der Waals surface area contributed by atoms with Crippen molar-refractivity contribution in [1.29, 1.82) is 26.3 Å². The number of nitrogens with zero attached hydrogens (tertiary/aromatic N) is 5. The van der Waals surface area contributed by atoms with Gasteiger partial charge in [0.1, 0.15) is 0 Å². The summed E-state index contributed by atoms with van der Waals surface area (Å²) >= 11 is 0. The van der Waals surface area contributed by atoms with E-state index in [-0.39, 0.29) is 17.8 Å². The van der Waals surface area contributed by atoms with E-state index in [9.17, 15) is 5.26 Å². The van der Waals surface area contributed by atoms with Crippen molar-refractivity contribution in [3.05, 3.63) is 0 Å². The molecule has 0 heterocycles. The topological polar surface area (TPSA) is 119 Å². The lowest BCUT2D eigenvalue weighted by molar-refractivity contribution is 0.414. The van der Waals surface area contributed by atoms with Gasteiger partial charge in [-0.2, -0.15) is 26.3 Å². The van der Waals surface area contributed by atoms with Crippen molar-refractivity contribution in [2.24, 2.45) is 17.8 Å². The highest BCUT2D eigenvalue weighted by atomic mass is 14.3. The fourth-order valence-electron chi connectivity index (χ4n) is 2.55. The van der Waals surface area contributed by atoms with Crippen LogP contribution in [0.4, 0.5) is 0 Å². The van der Waals surface area contributed by atoms with Gasteiger partial charge in [0.25, 0.3) is 0 Å². The van der Waals surface area contributed by atoms with Crippen LogP contribution in [0.2, 0.25) is 0 Å². The molecule has 0 aliphatic heterocycles. The number of rotatable bonds is 12. The van der Waals surface area contributed by atoms with Crippen molar-refractivity contribution in [2.75, 3.05) is 0 Å². The minimum Gasteiger partial charge on any atom is -0.198 e. The van der Waals surface area contributed by atoms with Crippen LogP contribution >= 0.6 is 0 Å². The van der Waals surface area contributed by atoms with E-state index in [2.05, 4.69) is 30.3 Å². The van der Waals surface area contributed by atoms with Crippen LogP contribution in [0.5, 0.6) is 0 Å². The summed E-state index contributed by atoms with van der Waals surface area (Å²) in [5.74, 6) is -0.388. The van der Waals surface area contributed by atoms with Gasteiger partial charge in [-0.25, -0.2) is 0 Å². The lowest BCUT2D eigenvalue weighted by Gasteiger charge is -2.14. The molecular weight excluding hydrogens is 286 g/mol. The summed E-state index contributed by atoms with van der Waals surface area (Å²) in [6, 6.07) is 10.9. The Hall–Kier alpha value is -2.55. The molecular formula is C18H23N5. The Labute approximate surface area is 139 Å². The SMILES string of the molecule is N#CCCCC(C#N)CCCC(C#N)CC(C#N)CCCC#N. The predicted molar refractivity (Wildman–Crippen MR) is 84.7 cm³/mol. The molecule has 0 N–H and O–H groups in total. The first-order chi connectivity index (χ1) is 11.2. The van der Waals surface area contributed by atoms with E-state index >= 15 is 0 Å². The average Bonchev–Trinajstić information content (AvgIpc) is 2.58. The normalized spacial score (nSPS) is 13.3. The summed E-state index contributed by atoms with van der Waals surface area (Å²) in [5.41, 5.74) is 0. The van der Waals surface area contributed by atoms with E-state index < -0.39 is 0 Å². The Balaban J connectivity index is 4.12. The van der Waals surface area contributed by atoms with E-state index in [1.54, 1.807) is 0 Å². The molecule has 3 atom stereocenters. The van der Waals surface area contributed by atoms with Gasteiger partial charge >= 0.3 is 0 Å². The molecule has 3 unspecified atom stereocenters. The highest BCUT2D eigenvalue weighted by Crippen LogP contribution is 2.23. The molecule has 23 heavy (non-hydrogen) atoms. The quantitative estimate of drug-likeness (QED) is 0.496. The molecule has 0 radical (unpaired) electrons. The van der Waals surface area contributed by atoms with Gasteiger partial charge in [0.2, 0.25) is 0 Å².